The van der Waals surface area contributed by atoms with Crippen LogP contribution >= 0.6 is 11.6 Å². The molecule has 0 saturated carbocycles. The van der Waals surface area contributed by atoms with Crippen LogP contribution < -0.4 is 9.62 Å². The second-order valence-electron chi connectivity index (χ2n) is 6.05. The van der Waals surface area contributed by atoms with Crippen LogP contribution in [0.4, 0.5) is 11.4 Å². The van der Waals surface area contributed by atoms with Gasteiger partial charge < -0.3 is 5.32 Å². The third-order valence-electron chi connectivity index (χ3n) is 4.35. The lowest BCUT2D eigenvalue weighted by atomic mass is 10.0. The molecule has 136 valence electrons. The quantitative estimate of drug-likeness (QED) is 0.720. The lowest BCUT2D eigenvalue weighted by molar-refractivity contribution is -0.114. The minimum Gasteiger partial charge on any atom is -0.323 e. The van der Waals surface area contributed by atoms with Gasteiger partial charge in [-0.15, -0.1) is 0 Å². The van der Waals surface area contributed by atoms with E-state index in [-0.39, 0.29) is 11.4 Å². The highest BCUT2D eigenvalue weighted by molar-refractivity contribution is 7.93. The van der Waals surface area contributed by atoms with Crippen LogP contribution in [-0.4, -0.2) is 20.9 Å². The number of hydrogen-bond donors (Lipinski definition) is 1. The zero-order valence-electron chi connectivity index (χ0n) is 14.1. The second kappa shape index (κ2) is 6.72. The molecule has 1 aliphatic heterocycles. The summed E-state index contributed by atoms with van der Waals surface area (Å²) in [4.78, 5) is 12.8. The van der Waals surface area contributed by atoms with Gasteiger partial charge in [-0.25, -0.2) is 8.42 Å². The first-order chi connectivity index (χ1) is 13.0. The molecule has 0 atom stereocenters. The summed E-state index contributed by atoms with van der Waals surface area (Å²) < 4.78 is 27.4. The molecule has 27 heavy (non-hydrogen) atoms. The highest BCUT2D eigenvalue weighted by Gasteiger charge is 2.35. The van der Waals surface area contributed by atoms with Gasteiger partial charge in [-0.2, -0.15) is 0 Å². The van der Waals surface area contributed by atoms with E-state index in [1.807, 2.05) is 12.1 Å². The van der Waals surface area contributed by atoms with E-state index in [1.165, 1.54) is 0 Å². The first-order valence-electron chi connectivity index (χ1n) is 8.24. The Labute approximate surface area is 162 Å². The molecule has 0 aromatic heterocycles. The number of amides is 1. The summed E-state index contributed by atoms with van der Waals surface area (Å²) in [7, 11) is -3.85. The molecule has 0 unspecified atom stereocenters. The van der Waals surface area contributed by atoms with E-state index in [1.54, 1.807) is 60.7 Å². The predicted molar refractivity (Wildman–Crippen MR) is 106 cm³/mol. The van der Waals surface area contributed by atoms with Gasteiger partial charge in [0.1, 0.15) is 6.54 Å². The normalized spacial score (nSPS) is 14.2. The van der Waals surface area contributed by atoms with Crippen LogP contribution in [-0.2, 0) is 14.8 Å². The van der Waals surface area contributed by atoms with Crippen molar-refractivity contribution in [1.29, 1.82) is 0 Å². The van der Waals surface area contributed by atoms with Gasteiger partial charge in [0.15, 0.2) is 0 Å². The fourth-order valence-electron chi connectivity index (χ4n) is 3.13. The number of anilines is 2. The number of hydrogen-bond acceptors (Lipinski definition) is 3. The Morgan fingerprint density at radius 3 is 2.30 bits per heavy atom. The van der Waals surface area contributed by atoms with Crippen molar-refractivity contribution in [1.82, 2.24) is 0 Å². The molecule has 0 bridgehead atoms. The lowest BCUT2D eigenvalue weighted by Gasteiger charge is -2.31. The Hall–Kier alpha value is -2.83. The molecule has 0 fully saturated rings. The fourth-order valence-corrected chi connectivity index (χ4v) is 4.97. The number of benzene rings is 3. The molecule has 1 N–H and O–H groups in total. The van der Waals surface area contributed by atoms with Crippen molar-refractivity contribution in [3.8, 4) is 11.1 Å². The second-order valence-corrected chi connectivity index (χ2v) is 8.29. The van der Waals surface area contributed by atoms with Crippen molar-refractivity contribution in [2.45, 2.75) is 4.90 Å². The number of rotatable bonds is 3. The number of sulfonamides is 1. The highest BCUT2D eigenvalue weighted by atomic mass is 35.5. The van der Waals surface area contributed by atoms with E-state index < -0.39 is 15.9 Å². The molecule has 3 aromatic rings. The zero-order valence-corrected chi connectivity index (χ0v) is 15.7. The van der Waals surface area contributed by atoms with Gasteiger partial charge in [0.05, 0.1) is 21.3 Å². The lowest BCUT2D eigenvalue weighted by Crippen LogP contribution is -2.40. The number of carbonyl (C=O) groups excluding carboxylic acids is 1. The maximum Gasteiger partial charge on any atom is 0.265 e. The molecule has 5 nitrogen and oxygen atoms in total. The number of para-hydroxylation sites is 2. The summed E-state index contributed by atoms with van der Waals surface area (Å²) in [6.07, 6.45) is 0. The van der Waals surface area contributed by atoms with Crippen LogP contribution in [0, 0.1) is 0 Å². The van der Waals surface area contributed by atoms with E-state index in [4.69, 9.17) is 11.6 Å². The largest absolute Gasteiger partial charge is 0.323 e. The molecule has 0 spiro atoms. The molecule has 1 aliphatic rings. The molecular formula is C20H15ClN2O3S. The average Bonchev–Trinajstić information content (AvgIpc) is 2.67. The van der Waals surface area contributed by atoms with Crippen LogP contribution in [0.1, 0.15) is 0 Å². The van der Waals surface area contributed by atoms with Crippen molar-refractivity contribution in [3.05, 3.63) is 77.8 Å². The Bertz CT molecular complexity index is 1150. The van der Waals surface area contributed by atoms with Crippen molar-refractivity contribution >= 4 is 38.9 Å². The Kier molecular flexibility index (Phi) is 4.37. The molecule has 0 aliphatic carbocycles. The van der Waals surface area contributed by atoms with E-state index in [2.05, 4.69) is 5.32 Å². The van der Waals surface area contributed by atoms with Gasteiger partial charge in [-0.3, -0.25) is 9.10 Å². The summed E-state index contributed by atoms with van der Waals surface area (Å²) in [5, 5.41) is 3.06. The predicted octanol–water partition coefficient (Wildman–Crippen LogP) is 4.15. The molecule has 1 heterocycles. The molecule has 7 heteroatoms. The summed E-state index contributed by atoms with van der Waals surface area (Å²) in [6, 6.07) is 20.7. The van der Waals surface area contributed by atoms with E-state index in [0.717, 1.165) is 9.87 Å². The number of halogens is 1. The molecule has 4 rings (SSSR count). The molecule has 0 saturated heterocycles. The Morgan fingerprint density at radius 1 is 0.889 bits per heavy atom. The topological polar surface area (TPSA) is 66.5 Å². The van der Waals surface area contributed by atoms with Crippen LogP contribution in [0.25, 0.3) is 11.1 Å². The zero-order chi connectivity index (χ0) is 19.0. The first kappa shape index (κ1) is 17.6. The summed E-state index contributed by atoms with van der Waals surface area (Å²) >= 11 is 6.07. The minimum absolute atomic E-state index is 0.189. The standard InChI is InChI=1S/C20H15ClN2O3S/c21-16-9-3-4-10-17(16)22-20(24)13-23-18-11-5-1-7-14(18)15-8-2-6-12-19(15)27(23,25)26/h1-12H,13H2,(H,22,24). The summed E-state index contributed by atoms with van der Waals surface area (Å²) in [5.41, 5.74) is 2.32. The number of nitrogens with zero attached hydrogens (tertiary/aromatic N) is 1. The van der Waals surface area contributed by atoms with E-state index >= 15 is 0 Å². The molecule has 1 amide bonds. The van der Waals surface area contributed by atoms with Crippen molar-refractivity contribution in [2.24, 2.45) is 0 Å². The molecular weight excluding hydrogens is 384 g/mol. The van der Waals surface area contributed by atoms with Gasteiger partial charge in [0, 0.05) is 11.1 Å². The van der Waals surface area contributed by atoms with Gasteiger partial charge in [-0.05, 0) is 24.3 Å². The number of nitrogens with one attached hydrogen (secondary N) is 1. The maximum atomic E-state index is 13.1. The Balaban J connectivity index is 1.73. The summed E-state index contributed by atoms with van der Waals surface area (Å²) in [6.45, 7) is -0.348. The van der Waals surface area contributed by atoms with Crippen LogP contribution in [0.3, 0.4) is 0 Å². The maximum absolute atomic E-state index is 13.1. The number of fused-ring (bicyclic) bond motifs is 3. The third-order valence-corrected chi connectivity index (χ3v) is 6.50. The monoisotopic (exact) mass is 398 g/mol. The Morgan fingerprint density at radius 2 is 1.52 bits per heavy atom. The fraction of sp³-hybridized carbons (Fsp3) is 0.0500. The first-order valence-corrected chi connectivity index (χ1v) is 10.1. The summed E-state index contributed by atoms with van der Waals surface area (Å²) in [5.74, 6) is -0.471. The van der Waals surface area contributed by atoms with Gasteiger partial charge in [0.25, 0.3) is 10.0 Å². The van der Waals surface area contributed by atoms with Crippen LogP contribution in [0.15, 0.2) is 77.7 Å². The van der Waals surface area contributed by atoms with Crippen LogP contribution in [0.2, 0.25) is 5.02 Å². The SMILES string of the molecule is O=C(CN1c2ccccc2-c2ccccc2S1(=O)=O)Nc1ccccc1Cl. The minimum atomic E-state index is -3.85. The van der Waals surface area contributed by atoms with E-state index in [9.17, 15) is 13.2 Å². The average molecular weight is 399 g/mol. The van der Waals surface area contributed by atoms with Crippen LogP contribution in [0.5, 0.6) is 0 Å². The van der Waals surface area contributed by atoms with Gasteiger partial charge >= 0.3 is 0 Å². The van der Waals surface area contributed by atoms with Crippen molar-refractivity contribution in [3.63, 3.8) is 0 Å². The molecule has 3 aromatic carbocycles. The van der Waals surface area contributed by atoms with Gasteiger partial charge in [0.2, 0.25) is 5.91 Å². The van der Waals surface area contributed by atoms with Gasteiger partial charge in [-0.1, -0.05) is 60.1 Å². The van der Waals surface area contributed by atoms with E-state index in [0.29, 0.717) is 22.0 Å². The number of carbonyl (C=O) groups is 1. The van der Waals surface area contributed by atoms with Crippen molar-refractivity contribution in [2.75, 3.05) is 16.2 Å². The smallest absolute Gasteiger partial charge is 0.265 e. The highest BCUT2D eigenvalue weighted by Crippen LogP contribution is 2.42. The molecule has 0 radical (unpaired) electrons. The third kappa shape index (κ3) is 3.07. The van der Waals surface area contributed by atoms with Crippen molar-refractivity contribution < 1.29 is 13.2 Å².